The molecule has 0 bridgehead atoms. The normalized spacial score (nSPS) is 21.4. The summed E-state index contributed by atoms with van der Waals surface area (Å²) in [5.41, 5.74) is 0.318. The van der Waals surface area contributed by atoms with Crippen LogP contribution in [0.4, 0.5) is 0 Å². The molecule has 0 aromatic rings. The lowest BCUT2D eigenvalue weighted by atomic mass is 9.84. The molecule has 3 nitrogen and oxygen atoms in total. The van der Waals surface area contributed by atoms with E-state index in [-0.39, 0.29) is 14.7 Å². The van der Waals surface area contributed by atoms with E-state index in [0.29, 0.717) is 5.41 Å². The molecule has 1 fully saturated rings. The molecule has 0 aromatic heterocycles. The van der Waals surface area contributed by atoms with Crippen molar-refractivity contribution >= 4 is 17.8 Å². The molecule has 126 valence electrons. The van der Waals surface area contributed by atoms with E-state index >= 15 is 0 Å². The third-order valence-electron chi connectivity index (χ3n) is 5.06. The first-order valence-corrected chi connectivity index (χ1v) is 13.9. The van der Waals surface area contributed by atoms with Gasteiger partial charge in [0.2, 0.25) is 0 Å². The minimum absolute atomic E-state index is 0.131. The van der Waals surface area contributed by atoms with Crippen LogP contribution in [0.5, 0.6) is 0 Å². The van der Waals surface area contributed by atoms with Gasteiger partial charge in [-0.05, 0) is 45.3 Å². The summed E-state index contributed by atoms with van der Waals surface area (Å²) in [4.78, 5) is 0. The van der Waals surface area contributed by atoms with Gasteiger partial charge >= 0.3 is 0 Å². The summed E-state index contributed by atoms with van der Waals surface area (Å²) >= 11 is 0. The second kappa shape index (κ2) is 8.25. The van der Waals surface area contributed by atoms with Crippen molar-refractivity contribution in [3.8, 4) is 0 Å². The molecule has 0 spiro atoms. The second-order valence-corrected chi connectivity index (χ2v) is 13.9. The molecule has 5 heteroatoms. The number of hydrogen-bond donors (Lipinski definition) is 0. The molecular formula is C16H36O3Si2. The maximum Gasteiger partial charge on any atom is 0.187 e. The molecule has 1 aliphatic rings. The zero-order chi connectivity index (χ0) is 16.0. The lowest BCUT2D eigenvalue weighted by Crippen LogP contribution is -2.46. The van der Waals surface area contributed by atoms with E-state index in [4.69, 9.17) is 13.9 Å². The molecule has 1 saturated heterocycles. The fourth-order valence-corrected chi connectivity index (χ4v) is 7.61. The molecule has 0 radical (unpaired) electrons. The molecule has 1 unspecified atom stereocenters. The Labute approximate surface area is 135 Å². The van der Waals surface area contributed by atoms with Gasteiger partial charge in [-0.25, -0.2) is 0 Å². The maximum absolute atomic E-state index is 6.55. The number of rotatable bonds is 11. The minimum Gasteiger partial charge on any atom is -0.416 e. The zero-order valence-corrected chi connectivity index (χ0v) is 17.5. The van der Waals surface area contributed by atoms with Crippen LogP contribution in [0.15, 0.2) is 0 Å². The predicted molar refractivity (Wildman–Crippen MR) is 95.5 cm³/mol. The van der Waals surface area contributed by atoms with Crippen molar-refractivity contribution in [1.29, 1.82) is 0 Å². The standard InChI is InChI=1S/C16H36O3Si2/c1-7-15(3,20-4)19-21(5,6)11-9-10-17-12-16(8-2)13-18-14-16/h7-14,20H2,1-6H3. The van der Waals surface area contributed by atoms with Gasteiger partial charge in [0, 0.05) is 17.2 Å². The van der Waals surface area contributed by atoms with Crippen molar-refractivity contribution in [2.24, 2.45) is 5.41 Å². The average Bonchev–Trinajstić information content (AvgIpc) is 2.40. The summed E-state index contributed by atoms with van der Waals surface area (Å²) < 4.78 is 17.8. The molecule has 1 heterocycles. The minimum atomic E-state index is -1.55. The smallest absolute Gasteiger partial charge is 0.187 e. The van der Waals surface area contributed by atoms with E-state index in [1.54, 1.807) is 0 Å². The Morgan fingerprint density at radius 2 is 1.95 bits per heavy atom. The SMILES string of the molecule is CCC1(COCCC[Si](C)(C)OC(C)(CC)[SiH2]C)COC1. The van der Waals surface area contributed by atoms with Crippen LogP contribution in [0.25, 0.3) is 0 Å². The Kier molecular flexibility index (Phi) is 7.60. The van der Waals surface area contributed by atoms with Crippen molar-refractivity contribution in [2.45, 2.75) is 70.9 Å². The first-order valence-electron chi connectivity index (χ1n) is 8.66. The van der Waals surface area contributed by atoms with Crippen molar-refractivity contribution in [3.63, 3.8) is 0 Å². The molecule has 1 atom stereocenters. The second-order valence-electron chi connectivity index (χ2n) is 7.52. The molecule has 0 amide bonds. The van der Waals surface area contributed by atoms with Crippen LogP contribution in [0.1, 0.15) is 40.0 Å². The lowest BCUT2D eigenvalue weighted by Gasteiger charge is -2.40. The summed E-state index contributed by atoms with van der Waals surface area (Å²) in [6.45, 7) is 17.4. The molecule has 0 aliphatic carbocycles. The Hall–Kier alpha value is 0.314. The Morgan fingerprint density at radius 1 is 1.29 bits per heavy atom. The fourth-order valence-electron chi connectivity index (χ4n) is 2.78. The lowest BCUT2D eigenvalue weighted by molar-refractivity contribution is -0.150. The van der Waals surface area contributed by atoms with E-state index in [1.807, 2.05) is 0 Å². The van der Waals surface area contributed by atoms with E-state index in [2.05, 4.69) is 40.4 Å². The van der Waals surface area contributed by atoms with Crippen molar-refractivity contribution < 1.29 is 13.9 Å². The topological polar surface area (TPSA) is 27.7 Å². The highest BCUT2D eigenvalue weighted by Gasteiger charge is 2.37. The van der Waals surface area contributed by atoms with Gasteiger partial charge in [0.1, 0.15) is 0 Å². The van der Waals surface area contributed by atoms with Gasteiger partial charge < -0.3 is 13.9 Å². The third kappa shape index (κ3) is 6.14. The Morgan fingerprint density at radius 3 is 2.38 bits per heavy atom. The summed E-state index contributed by atoms with van der Waals surface area (Å²) in [5.74, 6) is 0. The van der Waals surface area contributed by atoms with E-state index in [0.717, 1.165) is 45.7 Å². The van der Waals surface area contributed by atoms with Gasteiger partial charge in [-0.1, -0.05) is 20.4 Å². The van der Waals surface area contributed by atoms with Crippen LogP contribution >= 0.6 is 0 Å². The quantitative estimate of drug-likeness (QED) is 0.429. The van der Waals surface area contributed by atoms with Crippen LogP contribution in [-0.4, -0.2) is 49.5 Å². The Balaban J connectivity index is 2.21. The number of hydrogen-bond acceptors (Lipinski definition) is 3. The molecule has 0 saturated carbocycles. The van der Waals surface area contributed by atoms with Crippen LogP contribution in [0, 0.1) is 5.41 Å². The highest BCUT2D eigenvalue weighted by atomic mass is 28.4. The fraction of sp³-hybridized carbons (Fsp3) is 1.00. The van der Waals surface area contributed by atoms with E-state index < -0.39 is 8.32 Å². The van der Waals surface area contributed by atoms with E-state index in [1.165, 1.54) is 6.04 Å². The first kappa shape index (κ1) is 19.4. The van der Waals surface area contributed by atoms with Crippen LogP contribution in [0.2, 0.25) is 25.7 Å². The molecule has 0 aromatic carbocycles. The van der Waals surface area contributed by atoms with Gasteiger partial charge in [0.15, 0.2) is 8.32 Å². The maximum atomic E-state index is 6.55. The third-order valence-corrected chi connectivity index (χ3v) is 10.1. The van der Waals surface area contributed by atoms with Crippen molar-refractivity contribution in [3.05, 3.63) is 0 Å². The molecular weight excluding hydrogens is 296 g/mol. The summed E-state index contributed by atoms with van der Waals surface area (Å²) in [6.07, 6.45) is 3.44. The zero-order valence-electron chi connectivity index (χ0n) is 15.1. The monoisotopic (exact) mass is 332 g/mol. The van der Waals surface area contributed by atoms with Crippen LogP contribution in [-0.2, 0) is 13.9 Å². The average molecular weight is 333 g/mol. The van der Waals surface area contributed by atoms with Gasteiger partial charge in [-0.15, -0.1) is 0 Å². The molecule has 1 aliphatic heterocycles. The first-order chi connectivity index (χ1) is 9.80. The Bertz CT molecular complexity index is 294. The highest BCUT2D eigenvalue weighted by molar-refractivity contribution is 6.71. The van der Waals surface area contributed by atoms with Gasteiger partial charge in [0.05, 0.1) is 29.3 Å². The highest BCUT2D eigenvalue weighted by Crippen LogP contribution is 2.31. The van der Waals surface area contributed by atoms with Crippen LogP contribution in [0.3, 0.4) is 0 Å². The molecule has 0 N–H and O–H groups in total. The van der Waals surface area contributed by atoms with Gasteiger partial charge in [-0.2, -0.15) is 0 Å². The van der Waals surface area contributed by atoms with E-state index in [9.17, 15) is 0 Å². The van der Waals surface area contributed by atoms with Gasteiger partial charge in [-0.3, -0.25) is 0 Å². The summed E-state index contributed by atoms with van der Waals surface area (Å²) in [6, 6.07) is 1.20. The molecule has 1 rings (SSSR count). The summed E-state index contributed by atoms with van der Waals surface area (Å²) in [5, 5.41) is 0.201. The van der Waals surface area contributed by atoms with Crippen molar-refractivity contribution in [1.82, 2.24) is 0 Å². The predicted octanol–water partition coefficient (Wildman–Crippen LogP) is 3.38. The number of ether oxygens (including phenoxy) is 2. The summed E-state index contributed by atoms with van der Waals surface area (Å²) in [7, 11) is -1.68. The van der Waals surface area contributed by atoms with Crippen molar-refractivity contribution in [2.75, 3.05) is 26.4 Å². The van der Waals surface area contributed by atoms with Gasteiger partial charge in [0.25, 0.3) is 0 Å². The largest absolute Gasteiger partial charge is 0.416 e. The van der Waals surface area contributed by atoms with Crippen LogP contribution < -0.4 is 0 Å². The molecule has 21 heavy (non-hydrogen) atoms.